The summed E-state index contributed by atoms with van der Waals surface area (Å²) < 4.78 is 6.19. The van der Waals surface area contributed by atoms with Crippen molar-refractivity contribution in [2.45, 2.75) is 64.1 Å². The lowest BCUT2D eigenvalue weighted by molar-refractivity contribution is 0.0696. The van der Waals surface area contributed by atoms with Crippen molar-refractivity contribution in [2.75, 3.05) is 0 Å². The van der Waals surface area contributed by atoms with E-state index in [1.54, 1.807) is 18.6 Å². The third-order valence-electron chi connectivity index (χ3n) is 10.4. The van der Waals surface area contributed by atoms with Gasteiger partial charge in [0.05, 0.1) is 27.6 Å². The summed E-state index contributed by atoms with van der Waals surface area (Å²) >= 11 is 0. The van der Waals surface area contributed by atoms with Crippen LogP contribution in [0.5, 0.6) is 0 Å². The predicted octanol–water partition coefficient (Wildman–Crippen LogP) is 8.55. The molecule has 9 rings (SSSR count). The van der Waals surface area contributed by atoms with Gasteiger partial charge in [0, 0.05) is 84.1 Å². The number of pyridine rings is 2. The van der Waals surface area contributed by atoms with Crippen molar-refractivity contribution in [2.24, 2.45) is 0 Å². The average molecular weight is 687 g/mol. The summed E-state index contributed by atoms with van der Waals surface area (Å²) in [4.78, 5) is 28.3. The summed E-state index contributed by atoms with van der Waals surface area (Å²) in [7, 11) is 0. The molecule has 3 aromatic carbocycles. The third-order valence-corrected chi connectivity index (χ3v) is 10.4. The highest BCUT2D eigenvalue weighted by Crippen LogP contribution is 2.42. The zero-order valence-corrected chi connectivity index (χ0v) is 28.8. The van der Waals surface area contributed by atoms with E-state index < -0.39 is 5.97 Å². The fourth-order valence-corrected chi connectivity index (χ4v) is 7.93. The number of benzene rings is 3. The molecule has 5 heterocycles. The Morgan fingerprint density at radius 1 is 0.731 bits per heavy atom. The Kier molecular flexibility index (Phi) is 8.27. The highest BCUT2D eigenvalue weighted by molar-refractivity contribution is 6.08. The van der Waals surface area contributed by atoms with Crippen LogP contribution in [0.4, 0.5) is 0 Å². The van der Waals surface area contributed by atoms with Gasteiger partial charge in [-0.25, -0.2) is 9.78 Å². The van der Waals surface area contributed by atoms with Gasteiger partial charge < -0.3 is 9.67 Å². The summed E-state index contributed by atoms with van der Waals surface area (Å²) in [6.07, 6.45) is 16.1. The topological polar surface area (TPSA) is 117 Å². The Bertz CT molecular complexity index is 2550. The quantitative estimate of drug-likeness (QED) is 0.153. The lowest BCUT2D eigenvalue weighted by Crippen LogP contribution is -2.15. The number of rotatable bonds is 10. The molecule has 0 aliphatic heterocycles. The molecular weight excluding hydrogens is 649 g/mol. The normalized spacial score (nSPS) is 13.8. The number of hydrogen-bond acceptors (Lipinski definition) is 6. The van der Waals surface area contributed by atoms with Gasteiger partial charge in [-0.05, 0) is 91.1 Å². The number of imidazole rings is 1. The van der Waals surface area contributed by atoms with Crippen LogP contribution in [0.2, 0.25) is 0 Å². The van der Waals surface area contributed by atoms with Crippen LogP contribution in [0.3, 0.4) is 0 Å². The van der Waals surface area contributed by atoms with Gasteiger partial charge in [0.25, 0.3) is 0 Å². The fraction of sp³-hybridized carbons (Fsp3) is 0.238. The Labute approximate surface area is 300 Å². The van der Waals surface area contributed by atoms with Crippen molar-refractivity contribution >= 4 is 38.8 Å². The molecule has 10 heteroatoms. The number of aromatic nitrogens is 8. The molecule has 0 bridgehead atoms. The molecule has 0 amide bonds. The fourth-order valence-electron chi connectivity index (χ4n) is 7.93. The van der Waals surface area contributed by atoms with E-state index >= 15 is 0 Å². The molecule has 0 saturated heterocycles. The highest BCUT2D eigenvalue weighted by atomic mass is 16.4. The van der Waals surface area contributed by atoms with Gasteiger partial charge in [0.1, 0.15) is 5.82 Å². The first-order chi connectivity index (χ1) is 25.6. The molecule has 0 spiro atoms. The molecular formula is C42H38N8O2. The van der Waals surface area contributed by atoms with Gasteiger partial charge >= 0.3 is 5.97 Å². The van der Waals surface area contributed by atoms with Crippen LogP contribution in [-0.2, 0) is 25.9 Å². The van der Waals surface area contributed by atoms with Crippen LogP contribution >= 0.6 is 0 Å². The maximum atomic E-state index is 13.4. The van der Waals surface area contributed by atoms with Gasteiger partial charge in [-0.3, -0.25) is 19.3 Å². The van der Waals surface area contributed by atoms with Gasteiger partial charge in [-0.1, -0.05) is 37.5 Å². The van der Waals surface area contributed by atoms with Crippen molar-refractivity contribution in [1.82, 2.24) is 39.1 Å². The van der Waals surface area contributed by atoms with Gasteiger partial charge in [-0.2, -0.15) is 10.2 Å². The molecule has 0 radical (unpaired) electrons. The molecule has 1 aliphatic rings. The van der Waals surface area contributed by atoms with E-state index in [-0.39, 0.29) is 11.6 Å². The molecule has 1 saturated carbocycles. The zero-order valence-electron chi connectivity index (χ0n) is 28.8. The second-order valence-corrected chi connectivity index (χ2v) is 13.7. The first-order valence-corrected chi connectivity index (χ1v) is 18.1. The lowest BCUT2D eigenvalue weighted by atomic mass is 9.91. The number of carboxylic acid groups (broad SMARTS) is 1. The highest BCUT2D eigenvalue weighted by Gasteiger charge is 2.29. The number of hydrogen-bond donors (Lipinski definition) is 1. The van der Waals surface area contributed by atoms with Crippen molar-refractivity contribution < 1.29 is 9.90 Å². The Balaban J connectivity index is 1.24. The van der Waals surface area contributed by atoms with E-state index in [1.807, 2.05) is 64.2 Å². The summed E-state index contributed by atoms with van der Waals surface area (Å²) in [6.45, 7) is 1.33. The van der Waals surface area contributed by atoms with Crippen LogP contribution in [0.25, 0.3) is 55.4 Å². The number of aromatic carboxylic acids is 1. The second-order valence-electron chi connectivity index (χ2n) is 13.7. The smallest absolute Gasteiger partial charge is 0.336 e. The predicted molar refractivity (Wildman–Crippen MR) is 202 cm³/mol. The van der Waals surface area contributed by atoms with E-state index in [0.29, 0.717) is 24.0 Å². The van der Waals surface area contributed by atoms with Crippen molar-refractivity contribution in [3.8, 4) is 22.5 Å². The van der Waals surface area contributed by atoms with Crippen LogP contribution < -0.4 is 0 Å². The molecule has 258 valence electrons. The van der Waals surface area contributed by atoms with E-state index in [2.05, 4.69) is 56.1 Å². The monoisotopic (exact) mass is 686 g/mol. The van der Waals surface area contributed by atoms with Crippen LogP contribution in [-0.4, -0.2) is 50.2 Å². The first kappa shape index (κ1) is 31.8. The minimum absolute atomic E-state index is 0.246. The summed E-state index contributed by atoms with van der Waals surface area (Å²) in [6, 6.07) is 26.7. The van der Waals surface area contributed by atoms with E-state index in [9.17, 15) is 9.90 Å². The largest absolute Gasteiger partial charge is 0.478 e. The van der Waals surface area contributed by atoms with Gasteiger partial charge in [-0.15, -0.1) is 0 Å². The molecule has 1 fully saturated rings. The summed E-state index contributed by atoms with van der Waals surface area (Å²) in [5, 5.41) is 21.6. The van der Waals surface area contributed by atoms with E-state index in [1.165, 1.54) is 6.42 Å². The molecule has 8 aromatic rings. The molecule has 0 unspecified atom stereocenters. The molecule has 1 N–H and O–H groups in total. The Morgan fingerprint density at radius 3 is 2.23 bits per heavy atom. The molecule has 5 aromatic heterocycles. The number of aryl methyl sites for hydroxylation is 4. The van der Waals surface area contributed by atoms with Crippen LogP contribution in [0.1, 0.15) is 59.8 Å². The van der Waals surface area contributed by atoms with Crippen LogP contribution in [0.15, 0.2) is 110 Å². The van der Waals surface area contributed by atoms with Gasteiger partial charge in [0.15, 0.2) is 0 Å². The lowest BCUT2D eigenvalue weighted by Gasteiger charge is -2.26. The number of fused-ring (bicyclic) bond motifs is 3. The minimum Gasteiger partial charge on any atom is -0.478 e. The molecule has 52 heavy (non-hydrogen) atoms. The number of carbonyl (C=O) groups is 1. The minimum atomic E-state index is -0.965. The number of carboxylic acids is 1. The Hall–Kier alpha value is -6.16. The SMILES string of the molecule is O=C(O)c1c(CCn2cccn2)cc2c(nc(-c3ccc4nc(CCn5cccn5)ccc4c3)n2C2CCCCC2)c1-c1ccc2ncccc2c1. The first-order valence-electron chi connectivity index (χ1n) is 18.1. The van der Waals surface area contributed by atoms with Gasteiger partial charge in [0.2, 0.25) is 0 Å². The maximum Gasteiger partial charge on any atom is 0.336 e. The van der Waals surface area contributed by atoms with Crippen molar-refractivity contribution in [3.63, 3.8) is 0 Å². The third kappa shape index (κ3) is 6.00. The maximum absolute atomic E-state index is 13.4. The Morgan fingerprint density at radius 2 is 1.46 bits per heavy atom. The van der Waals surface area contributed by atoms with Crippen molar-refractivity contribution in [3.05, 3.63) is 127 Å². The van der Waals surface area contributed by atoms with Crippen LogP contribution in [0, 0.1) is 0 Å². The zero-order chi connectivity index (χ0) is 35.0. The standard InChI is InChI=1S/C42H38N8O2/c51-42(52)39-31(16-23-48-21-5-19-44-48)27-37-40(38(39)30-11-14-35-28(25-30)7-4-18-43-35)47-41(50(37)34-8-2-1-3-9-34)32-12-15-36-29(26-32)10-13-33(46-36)17-24-49-22-6-20-45-49/h4-7,10-15,18-22,25-27,34H,1-3,8-9,16-17,23-24H2,(H,51,52). The van der Waals surface area contributed by atoms with E-state index in [0.717, 1.165) is 94.2 Å². The second kappa shape index (κ2) is 13.5. The molecule has 1 aliphatic carbocycles. The summed E-state index contributed by atoms with van der Waals surface area (Å²) in [5.41, 5.74) is 7.98. The van der Waals surface area contributed by atoms with Crippen molar-refractivity contribution in [1.29, 1.82) is 0 Å². The average Bonchev–Trinajstić information content (AvgIpc) is 3.98. The summed E-state index contributed by atoms with van der Waals surface area (Å²) in [5.74, 6) is -0.108. The van der Waals surface area contributed by atoms with E-state index in [4.69, 9.17) is 9.97 Å². The molecule has 0 atom stereocenters. The number of nitrogens with zero attached hydrogens (tertiary/aromatic N) is 8. The molecule has 10 nitrogen and oxygen atoms in total.